The monoisotopic (exact) mass is 347 g/mol. The number of benzene rings is 1. The minimum Gasteiger partial charge on any atom is -0.480 e. The van der Waals surface area contributed by atoms with Crippen molar-refractivity contribution in [3.8, 4) is 0 Å². The molecule has 0 bridgehead atoms. The summed E-state index contributed by atoms with van der Waals surface area (Å²) >= 11 is 0. The Morgan fingerprint density at radius 2 is 1.79 bits per heavy atom. The average Bonchev–Trinajstić information content (AvgIpc) is 2.96. The molecule has 2 N–H and O–H groups in total. The smallest absolute Gasteiger partial charge is 0.391 e. The summed E-state index contributed by atoms with van der Waals surface area (Å²) in [6.45, 7) is 0. The summed E-state index contributed by atoms with van der Waals surface area (Å²) in [5, 5.41) is 10.9. The van der Waals surface area contributed by atoms with Crippen LogP contribution in [-0.4, -0.2) is 29.2 Å². The second-order valence-corrected chi connectivity index (χ2v) is 5.95. The zero-order chi connectivity index (χ0) is 18.0. The molecule has 4 nitrogen and oxygen atoms in total. The zero-order valence-corrected chi connectivity index (χ0v) is 12.7. The van der Waals surface area contributed by atoms with Gasteiger partial charge < -0.3 is 10.4 Å². The van der Waals surface area contributed by atoms with Crippen LogP contribution in [0.1, 0.15) is 37.7 Å². The maximum absolute atomic E-state index is 14.1. The zero-order valence-electron chi connectivity index (χ0n) is 12.7. The summed E-state index contributed by atoms with van der Waals surface area (Å²) < 4.78 is 51.6. The number of carbonyl (C=O) groups is 2. The standard InChI is InChI=1S/C16H17F4NO3/c17-11-6-2-1-5-10(11)15(7-3-4-8-15)14(24)21-12(13(22)23)9-16(18,19)20/h1-2,5-6,12H,3-4,7-9H2,(H,21,24)(H,22,23). The van der Waals surface area contributed by atoms with E-state index < -0.39 is 41.7 Å². The predicted octanol–water partition coefficient (Wildman–Crippen LogP) is 3.16. The van der Waals surface area contributed by atoms with Crippen molar-refractivity contribution in [3.05, 3.63) is 35.6 Å². The molecule has 0 aliphatic heterocycles. The highest BCUT2D eigenvalue weighted by molar-refractivity contribution is 5.91. The van der Waals surface area contributed by atoms with Crippen LogP contribution in [0.3, 0.4) is 0 Å². The van der Waals surface area contributed by atoms with Crippen LogP contribution >= 0.6 is 0 Å². The van der Waals surface area contributed by atoms with E-state index in [1.54, 1.807) is 0 Å². The number of amides is 1. The number of carboxylic acid groups (broad SMARTS) is 1. The average molecular weight is 347 g/mol. The lowest BCUT2D eigenvalue weighted by atomic mass is 9.77. The van der Waals surface area contributed by atoms with Crippen LogP contribution in [0.2, 0.25) is 0 Å². The molecule has 0 heterocycles. The molecule has 0 aromatic heterocycles. The van der Waals surface area contributed by atoms with Crippen LogP contribution in [0.25, 0.3) is 0 Å². The van der Waals surface area contributed by atoms with E-state index in [9.17, 15) is 27.2 Å². The van der Waals surface area contributed by atoms with Gasteiger partial charge in [-0.25, -0.2) is 9.18 Å². The highest BCUT2D eigenvalue weighted by Crippen LogP contribution is 2.42. The molecule has 1 aromatic carbocycles. The van der Waals surface area contributed by atoms with E-state index in [0.717, 1.165) is 0 Å². The normalized spacial score (nSPS) is 18.2. The van der Waals surface area contributed by atoms with Crippen molar-refractivity contribution in [1.29, 1.82) is 0 Å². The Morgan fingerprint density at radius 3 is 2.29 bits per heavy atom. The molecule has 1 aliphatic rings. The molecule has 1 aromatic rings. The van der Waals surface area contributed by atoms with Crippen LogP contribution in [0.5, 0.6) is 0 Å². The van der Waals surface area contributed by atoms with Crippen molar-refractivity contribution >= 4 is 11.9 Å². The highest BCUT2D eigenvalue weighted by Gasteiger charge is 2.46. The molecule has 0 saturated heterocycles. The first-order chi connectivity index (χ1) is 11.2. The van der Waals surface area contributed by atoms with Gasteiger partial charge in [0.1, 0.15) is 11.9 Å². The first-order valence-electron chi connectivity index (χ1n) is 7.51. The second kappa shape index (κ2) is 6.78. The van der Waals surface area contributed by atoms with Gasteiger partial charge in [-0.15, -0.1) is 0 Å². The highest BCUT2D eigenvalue weighted by atomic mass is 19.4. The van der Waals surface area contributed by atoms with Gasteiger partial charge in [0.05, 0.1) is 11.8 Å². The number of aliphatic carboxylic acids is 1. The quantitative estimate of drug-likeness (QED) is 0.804. The third-order valence-corrected chi connectivity index (χ3v) is 4.32. The van der Waals surface area contributed by atoms with Crippen LogP contribution < -0.4 is 5.32 Å². The van der Waals surface area contributed by atoms with Crippen LogP contribution in [0.15, 0.2) is 24.3 Å². The fourth-order valence-corrected chi connectivity index (χ4v) is 3.17. The molecule has 0 radical (unpaired) electrons. The summed E-state index contributed by atoms with van der Waals surface area (Å²) in [7, 11) is 0. The molecule has 1 unspecified atom stereocenters. The number of rotatable bonds is 5. The summed E-state index contributed by atoms with van der Waals surface area (Å²) in [6.07, 6.45) is -4.67. The minimum absolute atomic E-state index is 0.0937. The van der Waals surface area contributed by atoms with Gasteiger partial charge in [0.25, 0.3) is 0 Å². The molecule has 1 fully saturated rings. The predicted molar refractivity (Wildman–Crippen MR) is 76.8 cm³/mol. The van der Waals surface area contributed by atoms with Crippen molar-refractivity contribution in [2.24, 2.45) is 0 Å². The van der Waals surface area contributed by atoms with E-state index >= 15 is 0 Å². The van der Waals surface area contributed by atoms with Crippen molar-refractivity contribution in [3.63, 3.8) is 0 Å². The molecule has 0 spiro atoms. The number of nitrogens with one attached hydrogen (secondary N) is 1. The largest absolute Gasteiger partial charge is 0.480 e. The van der Waals surface area contributed by atoms with Crippen LogP contribution in [-0.2, 0) is 15.0 Å². The van der Waals surface area contributed by atoms with Gasteiger partial charge in [-0.3, -0.25) is 4.79 Å². The Labute approximate surface area is 135 Å². The van der Waals surface area contributed by atoms with Crippen molar-refractivity contribution < 1.29 is 32.3 Å². The topological polar surface area (TPSA) is 66.4 Å². The third-order valence-electron chi connectivity index (χ3n) is 4.32. The lowest BCUT2D eigenvalue weighted by molar-refractivity contribution is -0.160. The van der Waals surface area contributed by atoms with Gasteiger partial charge in [-0.1, -0.05) is 31.0 Å². The van der Waals surface area contributed by atoms with Crippen LogP contribution in [0.4, 0.5) is 17.6 Å². The molecule has 2 rings (SSSR count). The Balaban J connectivity index is 2.30. The van der Waals surface area contributed by atoms with E-state index in [0.29, 0.717) is 12.8 Å². The lowest BCUT2D eigenvalue weighted by Crippen LogP contribution is -2.51. The fourth-order valence-electron chi connectivity index (χ4n) is 3.17. The molecule has 1 aliphatic carbocycles. The molecule has 1 atom stereocenters. The Hall–Kier alpha value is -2.12. The van der Waals surface area contributed by atoms with Gasteiger partial charge in [-0.2, -0.15) is 13.2 Å². The summed E-state index contributed by atoms with van der Waals surface area (Å²) in [6, 6.07) is 3.48. The second-order valence-electron chi connectivity index (χ2n) is 5.95. The summed E-state index contributed by atoms with van der Waals surface area (Å²) in [5.41, 5.74) is -1.24. The van der Waals surface area contributed by atoms with Crippen molar-refractivity contribution in [2.75, 3.05) is 0 Å². The molecule has 132 valence electrons. The van der Waals surface area contributed by atoms with E-state index in [4.69, 9.17) is 5.11 Å². The maximum Gasteiger partial charge on any atom is 0.391 e. The van der Waals surface area contributed by atoms with E-state index in [-0.39, 0.29) is 18.4 Å². The first-order valence-corrected chi connectivity index (χ1v) is 7.51. The first kappa shape index (κ1) is 18.2. The van der Waals surface area contributed by atoms with Gasteiger partial charge in [-0.05, 0) is 18.9 Å². The number of alkyl halides is 3. The van der Waals surface area contributed by atoms with E-state index in [1.807, 2.05) is 5.32 Å². The third kappa shape index (κ3) is 3.85. The molecule has 1 saturated carbocycles. The fraction of sp³-hybridized carbons (Fsp3) is 0.500. The number of hydrogen-bond acceptors (Lipinski definition) is 2. The van der Waals surface area contributed by atoms with Gasteiger partial charge in [0.2, 0.25) is 5.91 Å². The summed E-state index contributed by atoms with van der Waals surface area (Å²) in [4.78, 5) is 23.7. The van der Waals surface area contributed by atoms with Gasteiger partial charge >= 0.3 is 12.1 Å². The molecular weight excluding hydrogens is 330 g/mol. The Morgan fingerprint density at radius 1 is 1.21 bits per heavy atom. The number of halogens is 4. The van der Waals surface area contributed by atoms with Crippen molar-refractivity contribution in [2.45, 2.75) is 49.7 Å². The van der Waals surface area contributed by atoms with Crippen LogP contribution in [0, 0.1) is 5.82 Å². The molecule has 8 heteroatoms. The Kier molecular flexibility index (Phi) is 5.15. The van der Waals surface area contributed by atoms with Gasteiger partial charge in [0.15, 0.2) is 0 Å². The van der Waals surface area contributed by atoms with Crippen molar-refractivity contribution in [1.82, 2.24) is 5.32 Å². The molecule has 1 amide bonds. The van der Waals surface area contributed by atoms with E-state index in [2.05, 4.69) is 0 Å². The summed E-state index contributed by atoms with van der Waals surface area (Å²) in [5.74, 6) is -3.28. The lowest BCUT2D eigenvalue weighted by Gasteiger charge is -2.30. The number of carbonyl (C=O) groups excluding carboxylic acids is 1. The molecule has 24 heavy (non-hydrogen) atoms. The van der Waals surface area contributed by atoms with Gasteiger partial charge in [0, 0.05) is 5.56 Å². The van der Waals surface area contributed by atoms with E-state index in [1.165, 1.54) is 24.3 Å². The SMILES string of the molecule is O=C(O)C(CC(F)(F)F)NC(=O)C1(c2ccccc2F)CCCC1. The number of carboxylic acids is 1. The minimum atomic E-state index is -4.74. The number of hydrogen-bond donors (Lipinski definition) is 2. The maximum atomic E-state index is 14.1. The Bertz CT molecular complexity index is 624. The molecular formula is C16H17F4NO3.